The Morgan fingerprint density at radius 3 is 1.77 bits per heavy atom. The summed E-state index contributed by atoms with van der Waals surface area (Å²) in [6.07, 6.45) is 0. The number of hydrogen-bond donors (Lipinski definition) is 0. The van der Waals surface area contributed by atoms with E-state index in [9.17, 15) is 0 Å². The van der Waals surface area contributed by atoms with Crippen molar-refractivity contribution in [1.29, 1.82) is 0 Å². The third-order valence-corrected chi connectivity index (χ3v) is 4.15. The number of hydrogen-bond acceptors (Lipinski definition) is 5. The molecule has 0 aliphatic heterocycles. The number of methoxy groups -OCH3 is 4. The van der Waals surface area contributed by atoms with Crippen molar-refractivity contribution in [2.24, 2.45) is 0 Å². The second-order valence-electron chi connectivity index (χ2n) is 6.05. The van der Waals surface area contributed by atoms with Gasteiger partial charge in [-0.15, -0.1) is 0 Å². The second-order valence-corrected chi connectivity index (χ2v) is 6.05. The van der Waals surface area contributed by atoms with Crippen LogP contribution in [0.2, 0.25) is 0 Å². The van der Waals surface area contributed by atoms with Gasteiger partial charge in [-0.1, -0.05) is 24.0 Å². The molecule has 3 aromatic rings. The smallest absolute Gasteiger partial charge is 0.203 e. The van der Waals surface area contributed by atoms with E-state index in [1.54, 1.807) is 40.6 Å². The highest BCUT2D eigenvalue weighted by atomic mass is 16.5. The van der Waals surface area contributed by atoms with Gasteiger partial charge in [0.1, 0.15) is 17.1 Å². The van der Waals surface area contributed by atoms with Crippen molar-refractivity contribution >= 4 is 0 Å². The van der Waals surface area contributed by atoms with Gasteiger partial charge in [0.25, 0.3) is 0 Å². The first-order valence-electron chi connectivity index (χ1n) is 9.12. The summed E-state index contributed by atoms with van der Waals surface area (Å²) in [6.45, 7) is 0. The van der Waals surface area contributed by atoms with Gasteiger partial charge in [0, 0.05) is 11.1 Å². The van der Waals surface area contributed by atoms with Crippen LogP contribution in [0.3, 0.4) is 0 Å². The summed E-state index contributed by atoms with van der Waals surface area (Å²) in [5.74, 6) is 14.7. The van der Waals surface area contributed by atoms with Gasteiger partial charge in [0.15, 0.2) is 11.5 Å². The molecule has 5 nitrogen and oxygen atoms in total. The number of rotatable bonds is 4. The number of benzene rings is 2. The molecule has 1 aromatic heterocycles. The number of nitrogens with zero attached hydrogens (tertiary/aromatic N) is 1. The highest BCUT2D eigenvalue weighted by Crippen LogP contribution is 2.37. The van der Waals surface area contributed by atoms with E-state index in [-0.39, 0.29) is 0 Å². The molecule has 0 spiro atoms. The van der Waals surface area contributed by atoms with Gasteiger partial charge in [0.05, 0.1) is 28.4 Å². The molecular formula is C25H21NO4. The SMILES string of the molecule is COc1cccc(C#Cc2cccc(C#Cc3cc(OC)c(OC)c(OC)c3)n2)c1. The van der Waals surface area contributed by atoms with Crippen LogP contribution in [0.5, 0.6) is 23.0 Å². The normalized spacial score (nSPS) is 9.47. The van der Waals surface area contributed by atoms with E-state index >= 15 is 0 Å². The third kappa shape index (κ3) is 5.04. The Morgan fingerprint density at radius 2 is 1.20 bits per heavy atom. The Morgan fingerprint density at radius 1 is 0.600 bits per heavy atom. The van der Waals surface area contributed by atoms with Gasteiger partial charge in [-0.3, -0.25) is 0 Å². The standard InChI is InChI=1S/C25H21NO4/c1-27-22-10-5-7-18(15-22)11-13-20-8-6-9-21(26-20)14-12-19-16-23(28-2)25(30-4)24(17-19)29-3/h5-10,15-17H,1-4H3. The van der Waals surface area contributed by atoms with Crippen molar-refractivity contribution < 1.29 is 18.9 Å². The minimum atomic E-state index is 0.526. The Balaban J connectivity index is 1.87. The molecule has 0 aliphatic carbocycles. The lowest BCUT2D eigenvalue weighted by molar-refractivity contribution is 0.324. The van der Waals surface area contributed by atoms with Crippen LogP contribution in [-0.4, -0.2) is 33.4 Å². The van der Waals surface area contributed by atoms with Crippen LogP contribution in [0.25, 0.3) is 0 Å². The first-order chi connectivity index (χ1) is 14.7. The maximum Gasteiger partial charge on any atom is 0.203 e. The van der Waals surface area contributed by atoms with Crippen LogP contribution >= 0.6 is 0 Å². The first-order valence-corrected chi connectivity index (χ1v) is 9.12. The number of pyridine rings is 1. The zero-order valence-corrected chi connectivity index (χ0v) is 17.3. The van der Waals surface area contributed by atoms with Gasteiger partial charge in [-0.25, -0.2) is 4.98 Å². The molecule has 0 fully saturated rings. The number of aromatic nitrogens is 1. The van der Waals surface area contributed by atoms with E-state index < -0.39 is 0 Å². The average Bonchev–Trinajstić information content (AvgIpc) is 2.81. The lowest BCUT2D eigenvalue weighted by Crippen LogP contribution is -1.95. The quantitative estimate of drug-likeness (QED) is 0.623. The van der Waals surface area contributed by atoms with E-state index in [0.29, 0.717) is 28.6 Å². The molecule has 0 saturated heterocycles. The fraction of sp³-hybridized carbons (Fsp3) is 0.160. The van der Waals surface area contributed by atoms with Crippen molar-refractivity contribution in [3.8, 4) is 46.7 Å². The zero-order valence-electron chi connectivity index (χ0n) is 17.3. The van der Waals surface area contributed by atoms with E-state index in [4.69, 9.17) is 18.9 Å². The van der Waals surface area contributed by atoms with Crippen molar-refractivity contribution in [3.63, 3.8) is 0 Å². The van der Waals surface area contributed by atoms with Crippen LogP contribution in [0, 0.1) is 23.7 Å². The minimum Gasteiger partial charge on any atom is -0.497 e. The molecule has 150 valence electrons. The van der Waals surface area contributed by atoms with E-state index in [1.807, 2.05) is 42.5 Å². The summed E-state index contributed by atoms with van der Waals surface area (Å²) in [4.78, 5) is 4.50. The van der Waals surface area contributed by atoms with Gasteiger partial charge in [-0.05, 0) is 54.3 Å². The zero-order chi connectivity index (χ0) is 21.3. The molecule has 0 unspecified atom stereocenters. The van der Waals surface area contributed by atoms with Gasteiger partial charge < -0.3 is 18.9 Å². The topological polar surface area (TPSA) is 49.8 Å². The maximum atomic E-state index is 5.37. The Bertz CT molecular complexity index is 1140. The Kier molecular flexibility index (Phi) is 6.82. The monoisotopic (exact) mass is 399 g/mol. The predicted molar refractivity (Wildman–Crippen MR) is 115 cm³/mol. The maximum absolute atomic E-state index is 5.37. The molecule has 0 bridgehead atoms. The fourth-order valence-corrected chi connectivity index (χ4v) is 2.70. The van der Waals surface area contributed by atoms with Crippen LogP contribution in [-0.2, 0) is 0 Å². The van der Waals surface area contributed by atoms with Gasteiger partial charge in [-0.2, -0.15) is 0 Å². The summed E-state index contributed by atoms with van der Waals surface area (Å²) in [5.41, 5.74) is 2.82. The molecule has 1 heterocycles. The number of ether oxygens (including phenoxy) is 4. The minimum absolute atomic E-state index is 0.526. The largest absolute Gasteiger partial charge is 0.497 e. The molecule has 30 heavy (non-hydrogen) atoms. The summed E-state index contributed by atoms with van der Waals surface area (Å²) in [5, 5.41) is 0. The van der Waals surface area contributed by atoms with Gasteiger partial charge >= 0.3 is 0 Å². The van der Waals surface area contributed by atoms with E-state index in [1.165, 1.54) is 0 Å². The van der Waals surface area contributed by atoms with Crippen LogP contribution in [0.15, 0.2) is 54.6 Å². The highest BCUT2D eigenvalue weighted by Gasteiger charge is 2.12. The molecule has 5 heteroatoms. The fourth-order valence-electron chi connectivity index (χ4n) is 2.70. The summed E-state index contributed by atoms with van der Waals surface area (Å²) >= 11 is 0. The third-order valence-electron chi connectivity index (χ3n) is 4.15. The van der Waals surface area contributed by atoms with Crippen LogP contribution in [0.1, 0.15) is 22.5 Å². The summed E-state index contributed by atoms with van der Waals surface area (Å²) in [7, 11) is 6.33. The highest BCUT2D eigenvalue weighted by molar-refractivity contribution is 5.58. The summed E-state index contributed by atoms with van der Waals surface area (Å²) < 4.78 is 21.3. The lowest BCUT2D eigenvalue weighted by atomic mass is 10.1. The van der Waals surface area contributed by atoms with Crippen molar-refractivity contribution in [2.75, 3.05) is 28.4 Å². The molecule has 0 amide bonds. The van der Waals surface area contributed by atoms with Crippen molar-refractivity contribution in [3.05, 3.63) is 77.1 Å². The molecule has 0 radical (unpaired) electrons. The van der Waals surface area contributed by atoms with E-state index in [0.717, 1.165) is 16.9 Å². The Hall–Kier alpha value is -4.09. The predicted octanol–water partition coefficient (Wildman–Crippen LogP) is 3.92. The molecule has 0 N–H and O–H groups in total. The summed E-state index contributed by atoms with van der Waals surface area (Å²) in [6, 6.07) is 16.7. The van der Waals surface area contributed by atoms with E-state index in [2.05, 4.69) is 28.7 Å². The van der Waals surface area contributed by atoms with Crippen molar-refractivity contribution in [1.82, 2.24) is 4.98 Å². The molecule has 0 saturated carbocycles. The van der Waals surface area contributed by atoms with Gasteiger partial charge in [0.2, 0.25) is 5.75 Å². The average molecular weight is 399 g/mol. The second kappa shape index (κ2) is 9.91. The first kappa shape index (κ1) is 20.6. The Labute approximate surface area is 176 Å². The molecule has 0 aliphatic rings. The lowest BCUT2D eigenvalue weighted by Gasteiger charge is -2.12. The van der Waals surface area contributed by atoms with Crippen LogP contribution in [0.4, 0.5) is 0 Å². The molecule has 2 aromatic carbocycles. The van der Waals surface area contributed by atoms with Crippen molar-refractivity contribution in [2.45, 2.75) is 0 Å². The molecule has 0 atom stereocenters. The molecular weight excluding hydrogens is 378 g/mol. The van der Waals surface area contributed by atoms with Crippen LogP contribution < -0.4 is 18.9 Å². The molecule has 3 rings (SSSR count).